The van der Waals surface area contributed by atoms with Crippen molar-refractivity contribution in [3.05, 3.63) is 69.2 Å². The van der Waals surface area contributed by atoms with Gasteiger partial charge in [0.1, 0.15) is 0 Å². The molecule has 0 saturated heterocycles. The monoisotopic (exact) mass is 305 g/mol. The predicted molar refractivity (Wildman–Crippen MR) is 85.7 cm³/mol. The third-order valence-electron chi connectivity index (χ3n) is 3.96. The number of benzene rings is 2. The maximum atomic E-state index is 6.27. The van der Waals surface area contributed by atoms with E-state index in [0.717, 1.165) is 28.5 Å². The van der Waals surface area contributed by atoms with Crippen molar-refractivity contribution in [3.8, 4) is 0 Å². The minimum atomic E-state index is 0.195. The second kappa shape index (κ2) is 5.77. The van der Waals surface area contributed by atoms with Gasteiger partial charge in [0.15, 0.2) is 0 Å². The minimum Gasteiger partial charge on any atom is -0.307 e. The highest BCUT2D eigenvalue weighted by Crippen LogP contribution is 2.28. The summed E-state index contributed by atoms with van der Waals surface area (Å²) in [5.41, 5.74) is 3.97. The zero-order valence-electron chi connectivity index (χ0n) is 11.4. The lowest BCUT2D eigenvalue weighted by Crippen LogP contribution is -2.32. The fourth-order valence-electron chi connectivity index (χ4n) is 2.97. The second-order valence-electron chi connectivity index (χ2n) is 5.43. The van der Waals surface area contributed by atoms with Gasteiger partial charge in [0, 0.05) is 22.1 Å². The van der Waals surface area contributed by atoms with Gasteiger partial charge in [0.2, 0.25) is 0 Å². The van der Waals surface area contributed by atoms with E-state index in [1.807, 2.05) is 18.2 Å². The van der Waals surface area contributed by atoms with E-state index < -0.39 is 0 Å². The first-order valence-electron chi connectivity index (χ1n) is 6.91. The molecule has 104 valence electrons. The third-order valence-corrected chi connectivity index (χ3v) is 4.54. The van der Waals surface area contributed by atoms with Gasteiger partial charge in [0.05, 0.1) is 0 Å². The van der Waals surface area contributed by atoms with Crippen LogP contribution >= 0.6 is 23.2 Å². The average molecular weight is 306 g/mol. The van der Waals surface area contributed by atoms with Crippen molar-refractivity contribution in [2.24, 2.45) is 0 Å². The van der Waals surface area contributed by atoms with Gasteiger partial charge >= 0.3 is 0 Å². The Morgan fingerprint density at radius 1 is 1.05 bits per heavy atom. The lowest BCUT2D eigenvalue weighted by atomic mass is 10.1. The van der Waals surface area contributed by atoms with E-state index in [-0.39, 0.29) is 6.04 Å². The molecule has 0 bridgehead atoms. The molecule has 3 rings (SSSR count). The van der Waals surface area contributed by atoms with Gasteiger partial charge in [-0.05, 0) is 54.7 Å². The van der Waals surface area contributed by atoms with Crippen LogP contribution in [0.4, 0.5) is 0 Å². The topological polar surface area (TPSA) is 12.0 Å². The van der Waals surface area contributed by atoms with Crippen molar-refractivity contribution in [2.45, 2.75) is 31.8 Å². The predicted octanol–water partition coefficient (Wildman–Crippen LogP) is 4.81. The Labute approximate surface area is 129 Å². The second-order valence-corrected chi connectivity index (χ2v) is 6.27. The molecule has 1 aliphatic rings. The van der Waals surface area contributed by atoms with Crippen LogP contribution in [0.15, 0.2) is 42.5 Å². The molecule has 20 heavy (non-hydrogen) atoms. The summed E-state index contributed by atoms with van der Waals surface area (Å²) >= 11 is 12.3. The molecular weight excluding hydrogens is 289 g/mol. The number of hydrogen-bond donors (Lipinski definition) is 1. The van der Waals surface area contributed by atoms with Gasteiger partial charge in [-0.1, -0.05) is 47.5 Å². The zero-order valence-corrected chi connectivity index (χ0v) is 12.9. The first-order chi connectivity index (χ1) is 9.63. The SMILES string of the molecule is CC(NC1Cc2ccccc2C1)c1cc(Cl)ccc1Cl. The Morgan fingerprint density at radius 3 is 2.35 bits per heavy atom. The van der Waals surface area contributed by atoms with Gasteiger partial charge in [0.25, 0.3) is 0 Å². The van der Waals surface area contributed by atoms with E-state index in [2.05, 4.69) is 36.5 Å². The zero-order chi connectivity index (χ0) is 14.1. The molecule has 0 saturated carbocycles. The Bertz CT molecular complexity index is 599. The molecule has 0 spiro atoms. The molecule has 2 aromatic rings. The van der Waals surface area contributed by atoms with Crippen LogP contribution in [0, 0.1) is 0 Å². The highest BCUT2D eigenvalue weighted by molar-refractivity contribution is 6.33. The molecule has 3 heteroatoms. The normalized spacial score (nSPS) is 16.1. The summed E-state index contributed by atoms with van der Waals surface area (Å²) < 4.78 is 0. The van der Waals surface area contributed by atoms with E-state index >= 15 is 0 Å². The molecular formula is C17H17Cl2N. The lowest BCUT2D eigenvalue weighted by Gasteiger charge is -2.20. The smallest absolute Gasteiger partial charge is 0.0454 e. The summed E-state index contributed by atoms with van der Waals surface area (Å²) in [6.07, 6.45) is 2.16. The van der Waals surface area contributed by atoms with Crippen molar-refractivity contribution >= 4 is 23.2 Å². The minimum absolute atomic E-state index is 0.195. The fraction of sp³-hybridized carbons (Fsp3) is 0.294. The summed E-state index contributed by atoms with van der Waals surface area (Å²) in [4.78, 5) is 0. The third kappa shape index (κ3) is 2.85. The van der Waals surface area contributed by atoms with Gasteiger partial charge in [-0.2, -0.15) is 0 Å². The number of rotatable bonds is 3. The number of hydrogen-bond acceptors (Lipinski definition) is 1. The highest BCUT2D eigenvalue weighted by Gasteiger charge is 2.23. The van der Waals surface area contributed by atoms with Gasteiger partial charge in [-0.25, -0.2) is 0 Å². The van der Waals surface area contributed by atoms with Crippen LogP contribution in [0.5, 0.6) is 0 Å². The van der Waals surface area contributed by atoms with Crippen LogP contribution in [0.3, 0.4) is 0 Å². The van der Waals surface area contributed by atoms with Crippen LogP contribution in [-0.2, 0) is 12.8 Å². The highest BCUT2D eigenvalue weighted by atomic mass is 35.5. The number of nitrogens with one attached hydrogen (secondary N) is 1. The summed E-state index contributed by atoms with van der Waals surface area (Å²) in [5, 5.41) is 5.16. The van der Waals surface area contributed by atoms with Crippen molar-refractivity contribution in [3.63, 3.8) is 0 Å². The first-order valence-corrected chi connectivity index (χ1v) is 7.67. The maximum Gasteiger partial charge on any atom is 0.0454 e. The summed E-state index contributed by atoms with van der Waals surface area (Å²) in [6.45, 7) is 2.14. The molecule has 0 aliphatic heterocycles. The van der Waals surface area contributed by atoms with Gasteiger partial charge in [-0.3, -0.25) is 0 Å². The van der Waals surface area contributed by atoms with Crippen molar-refractivity contribution in [2.75, 3.05) is 0 Å². The van der Waals surface area contributed by atoms with E-state index in [0.29, 0.717) is 6.04 Å². The van der Waals surface area contributed by atoms with Gasteiger partial charge < -0.3 is 5.32 Å². The van der Waals surface area contributed by atoms with Crippen LogP contribution in [0.1, 0.15) is 29.7 Å². The Morgan fingerprint density at radius 2 is 1.70 bits per heavy atom. The van der Waals surface area contributed by atoms with Crippen LogP contribution in [0.25, 0.3) is 0 Å². The van der Waals surface area contributed by atoms with Crippen molar-refractivity contribution < 1.29 is 0 Å². The summed E-state index contributed by atoms with van der Waals surface area (Å²) in [5.74, 6) is 0. The van der Waals surface area contributed by atoms with Crippen molar-refractivity contribution in [1.29, 1.82) is 0 Å². The number of fused-ring (bicyclic) bond motifs is 1. The molecule has 1 atom stereocenters. The summed E-state index contributed by atoms with van der Waals surface area (Å²) in [6, 6.07) is 15.0. The molecule has 1 aliphatic carbocycles. The van der Waals surface area contributed by atoms with E-state index in [4.69, 9.17) is 23.2 Å². The molecule has 0 amide bonds. The molecule has 0 aromatic heterocycles. The molecule has 1 unspecified atom stereocenters. The summed E-state index contributed by atoms with van der Waals surface area (Å²) in [7, 11) is 0. The maximum absolute atomic E-state index is 6.27. The molecule has 0 heterocycles. The van der Waals surface area contributed by atoms with Crippen LogP contribution in [-0.4, -0.2) is 6.04 Å². The molecule has 0 fully saturated rings. The fourth-order valence-corrected chi connectivity index (χ4v) is 3.43. The van der Waals surface area contributed by atoms with E-state index in [1.54, 1.807) is 0 Å². The Kier molecular flexibility index (Phi) is 4.02. The molecule has 2 aromatic carbocycles. The average Bonchev–Trinajstić information content (AvgIpc) is 2.83. The Balaban J connectivity index is 1.72. The van der Waals surface area contributed by atoms with Crippen LogP contribution < -0.4 is 5.32 Å². The van der Waals surface area contributed by atoms with Crippen molar-refractivity contribution in [1.82, 2.24) is 5.32 Å². The lowest BCUT2D eigenvalue weighted by molar-refractivity contribution is 0.467. The molecule has 1 N–H and O–H groups in total. The molecule has 1 nitrogen and oxygen atoms in total. The van der Waals surface area contributed by atoms with E-state index in [9.17, 15) is 0 Å². The molecule has 0 radical (unpaired) electrons. The quantitative estimate of drug-likeness (QED) is 0.858. The van der Waals surface area contributed by atoms with Gasteiger partial charge in [-0.15, -0.1) is 0 Å². The Hall–Kier alpha value is -1.02. The first kappa shape index (κ1) is 13.9. The van der Waals surface area contributed by atoms with Crippen LogP contribution in [0.2, 0.25) is 10.0 Å². The largest absolute Gasteiger partial charge is 0.307 e. The number of halogens is 2. The van der Waals surface area contributed by atoms with E-state index in [1.165, 1.54) is 11.1 Å². The standard InChI is InChI=1S/C17H17Cl2N/c1-11(16-10-14(18)6-7-17(16)19)20-15-8-12-4-2-3-5-13(12)9-15/h2-7,10-11,15,20H,8-9H2,1H3.